The van der Waals surface area contributed by atoms with E-state index in [9.17, 15) is 21.9 Å². The molecule has 0 atom stereocenters. The number of sulfone groups is 1. The van der Waals surface area contributed by atoms with Crippen LogP contribution in [0.1, 0.15) is 0 Å². The van der Waals surface area contributed by atoms with E-state index in [-0.39, 0.29) is 0 Å². The summed E-state index contributed by atoms with van der Waals surface area (Å²) in [5.41, 5.74) is 4.62. The summed E-state index contributed by atoms with van der Waals surface area (Å²) in [4.78, 5) is -1.35. The predicted molar refractivity (Wildman–Crippen MR) is 59.7 cm³/mol. The van der Waals surface area contributed by atoms with Crippen LogP contribution in [-0.4, -0.2) is 26.5 Å². The summed E-state index contributed by atoms with van der Waals surface area (Å²) in [5, 5.41) is 10.0. The Hall–Kier alpha value is -1.58. The maximum Gasteiger partial charge on any atom is 0.298 e. The number of nitrogen functional groups attached to an aromatic ring is 1. The van der Waals surface area contributed by atoms with Crippen LogP contribution >= 0.6 is 0 Å². The van der Waals surface area contributed by atoms with Gasteiger partial charge in [-0.25, -0.2) is 8.42 Å². The third-order valence-corrected chi connectivity index (χ3v) is 4.24. The van der Waals surface area contributed by atoms with Gasteiger partial charge in [-0.1, -0.05) is 6.58 Å². The van der Waals surface area contributed by atoms with Crippen molar-refractivity contribution < 1.29 is 26.5 Å². The fraction of sp³-hybridized carbons (Fsp3) is 0. The van der Waals surface area contributed by atoms with Crippen molar-refractivity contribution in [1.29, 1.82) is 0 Å². The number of anilines is 1. The van der Waals surface area contributed by atoms with E-state index in [1.807, 2.05) is 0 Å². The molecule has 0 radical (unpaired) electrons. The molecule has 0 aliphatic rings. The lowest BCUT2D eigenvalue weighted by atomic mass is 10.3. The maximum absolute atomic E-state index is 11.4. The van der Waals surface area contributed by atoms with Crippen molar-refractivity contribution in [2.24, 2.45) is 0 Å². The average molecular weight is 279 g/mol. The summed E-state index contributed by atoms with van der Waals surface area (Å²) in [6.07, 6.45) is 0. The first-order chi connectivity index (χ1) is 7.61. The molecule has 1 rings (SSSR count). The van der Waals surface area contributed by atoms with Crippen molar-refractivity contribution in [3.05, 3.63) is 24.1 Å². The zero-order valence-electron chi connectivity index (χ0n) is 8.36. The topological polar surface area (TPSA) is 135 Å². The molecule has 1 aromatic carbocycles. The van der Waals surface area contributed by atoms with E-state index >= 15 is 0 Å². The van der Waals surface area contributed by atoms with Gasteiger partial charge in [0.25, 0.3) is 10.1 Å². The van der Waals surface area contributed by atoms with E-state index < -0.39 is 41.2 Å². The lowest BCUT2D eigenvalue weighted by Crippen LogP contribution is -2.06. The van der Waals surface area contributed by atoms with Gasteiger partial charge in [0.2, 0.25) is 9.84 Å². The highest BCUT2D eigenvalue weighted by atomic mass is 32.2. The van der Waals surface area contributed by atoms with Gasteiger partial charge >= 0.3 is 0 Å². The van der Waals surface area contributed by atoms with Crippen LogP contribution in [0.2, 0.25) is 0 Å². The third-order valence-electron chi connectivity index (χ3n) is 1.94. The van der Waals surface area contributed by atoms with Crippen LogP contribution in [0, 0.1) is 0 Å². The van der Waals surface area contributed by atoms with Crippen molar-refractivity contribution in [2.45, 2.75) is 9.79 Å². The molecule has 1 aromatic rings. The van der Waals surface area contributed by atoms with E-state index in [2.05, 4.69) is 6.58 Å². The second kappa shape index (κ2) is 4.02. The molecule has 0 saturated carbocycles. The molecule has 0 saturated heterocycles. The molecular formula is C8H9NO6S2. The number of hydrogen-bond donors (Lipinski definition) is 3. The van der Waals surface area contributed by atoms with Crippen LogP contribution in [0.3, 0.4) is 0 Å². The molecule has 7 nitrogen and oxygen atoms in total. The minimum Gasteiger partial charge on any atom is -0.504 e. The second-order valence-corrected chi connectivity index (χ2v) is 6.26. The van der Waals surface area contributed by atoms with Crippen molar-refractivity contribution in [3.8, 4) is 5.75 Å². The smallest absolute Gasteiger partial charge is 0.298 e. The average Bonchev–Trinajstić information content (AvgIpc) is 2.19. The van der Waals surface area contributed by atoms with Gasteiger partial charge in [0, 0.05) is 5.41 Å². The van der Waals surface area contributed by atoms with E-state index in [4.69, 9.17) is 10.3 Å². The Morgan fingerprint density at radius 3 is 2.06 bits per heavy atom. The zero-order chi connectivity index (χ0) is 13.4. The maximum atomic E-state index is 11.4. The SMILES string of the molecule is C=CS(=O)(=O)c1ccc(S(=O)(=O)O)c(O)c1N. The number of phenols is 1. The molecular weight excluding hydrogens is 270 g/mol. The fourth-order valence-corrected chi connectivity index (χ4v) is 2.55. The number of nitrogens with two attached hydrogens (primary N) is 1. The first kappa shape index (κ1) is 13.5. The molecule has 0 unspecified atom stereocenters. The number of rotatable bonds is 3. The lowest BCUT2D eigenvalue weighted by Gasteiger charge is -2.08. The normalized spacial score (nSPS) is 12.3. The molecule has 0 spiro atoms. The number of hydrogen-bond acceptors (Lipinski definition) is 6. The minimum absolute atomic E-state index is 0.489. The Kier molecular flexibility index (Phi) is 3.19. The van der Waals surface area contributed by atoms with E-state index in [0.29, 0.717) is 5.41 Å². The predicted octanol–water partition coefficient (Wildman–Crippen LogP) is 0.138. The first-order valence-electron chi connectivity index (χ1n) is 4.07. The Morgan fingerprint density at radius 2 is 1.65 bits per heavy atom. The first-order valence-corrected chi connectivity index (χ1v) is 7.06. The lowest BCUT2D eigenvalue weighted by molar-refractivity contribution is 0.444. The monoisotopic (exact) mass is 279 g/mol. The van der Waals surface area contributed by atoms with Crippen LogP contribution in [-0.2, 0) is 20.0 Å². The second-order valence-electron chi connectivity index (χ2n) is 3.01. The molecule has 0 aliphatic carbocycles. The summed E-state index contributed by atoms with van der Waals surface area (Å²) in [5.74, 6) is -1.02. The summed E-state index contributed by atoms with van der Waals surface area (Å²) >= 11 is 0. The molecule has 0 amide bonds. The summed E-state index contributed by atoms with van der Waals surface area (Å²) < 4.78 is 53.2. The summed E-state index contributed by atoms with van der Waals surface area (Å²) in [7, 11) is -8.59. The highest BCUT2D eigenvalue weighted by Crippen LogP contribution is 2.34. The fourth-order valence-electron chi connectivity index (χ4n) is 1.12. The molecule has 17 heavy (non-hydrogen) atoms. The van der Waals surface area contributed by atoms with Gasteiger partial charge in [-0.15, -0.1) is 0 Å². The zero-order valence-corrected chi connectivity index (χ0v) is 9.99. The van der Waals surface area contributed by atoms with Crippen molar-refractivity contribution in [1.82, 2.24) is 0 Å². The number of aromatic hydroxyl groups is 1. The highest BCUT2D eigenvalue weighted by molar-refractivity contribution is 7.94. The van der Waals surface area contributed by atoms with Gasteiger partial charge in [-0.2, -0.15) is 8.42 Å². The number of phenolic OH excluding ortho intramolecular Hbond substituents is 1. The number of benzene rings is 1. The highest BCUT2D eigenvalue weighted by Gasteiger charge is 2.23. The summed E-state index contributed by atoms with van der Waals surface area (Å²) in [6, 6.07) is 1.59. The minimum atomic E-state index is -4.68. The van der Waals surface area contributed by atoms with Gasteiger partial charge in [-0.3, -0.25) is 4.55 Å². The Balaban J connectivity index is 3.68. The Morgan fingerprint density at radius 1 is 1.18 bits per heavy atom. The van der Waals surface area contributed by atoms with E-state index in [1.54, 1.807) is 0 Å². The molecule has 94 valence electrons. The molecule has 0 aliphatic heterocycles. The van der Waals surface area contributed by atoms with Crippen LogP contribution in [0.25, 0.3) is 0 Å². The molecule has 9 heteroatoms. The van der Waals surface area contributed by atoms with Crippen molar-refractivity contribution in [3.63, 3.8) is 0 Å². The van der Waals surface area contributed by atoms with Crippen LogP contribution in [0.4, 0.5) is 5.69 Å². The van der Waals surface area contributed by atoms with E-state index in [0.717, 1.165) is 12.1 Å². The Bertz CT molecular complexity index is 674. The van der Waals surface area contributed by atoms with Crippen LogP contribution in [0.5, 0.6) is 5.75 Å². The van der Waals surface area contributed by atoms with Crippen LogP contribution < -0.4 is 5.73 Å². The standard InChI is InChI=1S/C8H9NO6S2/c1-2-16(11,12)5-3-4-6(17(13,14)15)8(10)7(5)9/h2-4,10H,1,9H2,(H,13,14,15). The van der Waals surface area contributed by atoms with Gasteiger partial charge in [0.05, 0.1) is 10.6 Å². The van der Waals surface area contributed by atoms with Gasteiger partial charge in [-0.05, 0) is 12.1 Å². The van der Waals surface area contributed by atoms with E-state index in [1.165, 1.54) is 0 Å². The third kappa shape index (κ3) is 2.40. The van der Waals surface area contributed by atoms with Crippen molar-refractivity contribution >= 4 is 25.6 Å². The van der Waals surface area contributed by atoms with Gasteiger partial charge in [0.1, 0.15) is 4.90 Å². The summed E-state index contributed by atoms with van der Waals surface area (Å²) in [6.45, 7) is 3.06. The van der Waals surface area contributed by atoms with Gasteiger partial charge < -0.3 is 10.8 Å². The molecule has 0 heterocycles. The van der Waals surface area contributed by atoms with Crippen molar-refractivity contribution in [2.75, 3.05) is 5.73 Å². The quantitative estimate of drug-likeness (QED) is 0.407. The molecule has 0 fully saturated rings. The largest absolute Gasteiger partial charge is 0.504 e. The Labute approximate surface area is 97.9 Å². The van der Waals surface area contributed by atoms with Gasteiger partial charge in [0.15, 0.2) is 5.75 Å². The van der Waals surface area contributed by atoms with Crippen LogP contribution in [0.15, 0.2) is 33.9 Å². The molecule has 4 N–H and O–H groups in total. The molecule has 0 aromatic heterocycles. The molecule has 0 bridgehead atoms.